The maximum atomic E-state index is 12.4. The summed E-state index contributed by atoms with van der Waals surface area (Å²) in [5.74, 6) is -4.61. The first-order valence-corrected chi connectivity index (χ1v) is 6.78. The molecule has 0 unspecified atom stereocenters. The molecular formula is C13H16F3N3O4. The predicted molar refractivity (Wildman–Crippen MR) is 69.3 cm³/mol. The SMILES string of the molecule is CC[C@H](C)[C@H](N)C(=O)N1CC(=O)C[C@@]1(C#N)OC(=O)C(F)(F)F. The lowest BCUT2D eigenvalue weighted by Gasteiger charge is -2.33. The van der Waals surface area contributed by atoms with Crippen LogP contribution in [0.3, 0.4) is 0 Å². The summed E-state index contributed by atoms with van der Waals surface area (Å²) in [4.78, 5) is 35.4. The molecule has 0 saturated carbocycles. The van der Waals surface area contributed by atoms with Crippen LogP contribution in [0.5, 0.6) is 0 Å². The van der Waals surface area contributed by atoms with Crippen LogP contribution in [0.2, 0.25) is 0 Å². The molecule has 0 aromatic rings. The number of nitriles is 1. The number of nitrogens with zero attached hydrogens (tertiary/aromatic N) is 2. The molecule has 1 aliphatic heterocycles. The Morgan fingerprint density at radius 1 is 1.52 bits per heavy atom. The van der Waals surface area contributed by atoms with Gasteiger partial charge in [0.25, 0.3) is 5.72 Å². The highest BCUT2D eigenvalue weighted by molar-refractivity contribution is 5.94. The second-order valence-electron chi connectivity index (χ2n) is 5.33. The Labute approximate surface area is 130 Å². The van der Waals surface area contributed by atoms with Crippen molar-refractivity contribution in [3.63, 3.8) is 0 Å². The van der Waals surface area contributed by atoms with Crippen LogP contribution in [0, 0.1) is 17.2 Å². The Kier molecular flexibility index (Phi) is 5.37. The van der Waals surface area contributed by atoms with E-state index < -0.39 is 48.6 Å². The van der Waals surface area contributed by atoms with Crippen LogP contribution in [0.1, 0.15) is 26.7 Å². The Bertz CT molecular complexity index is 558. The quantitative estimate of drug-likeness (QED) is 0.748. The molecule has 10 heteroatoms. The van der Waals surface area contributed by atoms with Crippen LogP contribution in [-0.2, 0) is 19.1 Å². The number of ether oxygens (including phenoxy) is 1. The molecule has 0 aliphatic carbocycles. The number of hydrogen-bond donors (Lipinski definition) is 1. The van der Waals surface area contributed by atoms with Gasteiger partial charge in [-0.25, -0.2) is 4.79 Å². The van der Waals surface area contributed by atoms with Crippen molar-refractivity contribution in [3.05, 3.63) is 0 Å². The van der Waals surface area contributed by atoms with Crippen molar-refractivity contribution in [1.82, 2.24) is 4.90 Å². The molecule has 2 N–H and O–H groups in total. The average molecular weight is 335 g/mol. The van der Waals surface area contributed by atoms with Gasteiger partial charge in [-0.3, -0.25) is 14.5 Å². The van der Waals surface area contributed by atoms with Crippen LogP contribution in [0.25, 0.3) is 0 Å². The summed E-state index contributed by atoms with van der Waals surface area (Å²) in [5, 5.41) is 9.16. The zero-order valence-electron chi connectivity index (χ0n) is 12.5. The van der Waals surface area contributed by atoms with E-state index >= 15 is 0 Å². The van der Waals surface area contributed by atoms with Gasteiger partial charge in [-0.15, -0.1) is 0 Å². The third kappa shape index (κ3) is 3.79. The summed E-state index contributed by atoms with van der Waals surface area (Å²) in [6, 6.07) is 0.203. The minimum Gasteiger partial charge on any atom is -0.418 e. The molecule has 1 fully saturated rings. The summed E-state index contributed by atoms with van der Waals surface area (Å²) in [5.41, 5.74) is 3.10. The number of Topliss-reactive ketones (excluding diaryl/α,β-unsaturated/α-hetero) is 1. The zero-order chi connectivity index (χ0) is 18.0. The molecule has 0 radical (unpaired) electrons. The van der Waals surface area contributed by atoms with Gasteiger partial charge >= 0.3 is 12.1 Å². The van der Waals surface area contributed by atoms with Gasteiger partial charge in [0.2, 0.25) is 5.91 Å². The Hall–Kier alpha value is -2.15. The lowest BCUT2D eigenvalue weighted by atomic mass is 9.98. The Morgan fingerprint density at radius 2 is 2.09 bits per heavy atom. The molecule has 0 spiro atoms. The third-order valence-corrected chi connectivity index (χ3v) is 3.68. The smallest absolute Gasteiger partial charge is 0.418 e. The lowest BCUT2D eigenvalue weighted by molar-refractivity contribution is -0.219. The number of rotatable bonds is 4. The normalized spacial score (nSPS) is 24.0. The lowest BCUT2D eigenvalue weighted by Crippen LogP contribution is -2.56. The number of alkyl halides is 3. The third-order valence-electron chi connectivity index (χ3n) is 3.68. The average Bonchev–Trinajstić information content (AvgIpc) is 2.80. The second-order valence-corrected chi connectivity index (χ2v) is 5.33. The van der Waals surface area contributed by atoms with Gasteiger partial charge in [0.15, 0.2) is 5.78 Å². The van der Waals surface area contributed by atoms with Crippen molar-refractivity contribution in [1.29, 1.82) is 5.26 Å². The van der Waals surface area contributed by atoms with Crippen molar-refractivity contribution in [2.45, 2.75) is 44.6 Å². The molecule has 128 valence electrons. The van der Waals surface area contributed by atoms with Crippen LogP contribution >= 0.6 is 0 Å². The molecule has 1 aliphatic rings. The summed E-state index contributed by atoms with van der Waals surface area (Å²) < 4.78 is 41.3. The monoisotopic (exact) mass is 335 g/mol. The fourth-order valence-electron chi connectivity index (χ4n) is 2.08. The molecular weight excluding hydrogens is 319 g/mol. The fourth-order valence-corrected chi connectivity index (χ4v) is 2.08. The molecule has 0 bridgehead atoms. The van der Waals surface area contributed by atoms with Crippen molar-refractivity contribution in [3.8, 4) is 6.07 Å². The maximum absolute atomic E-state index is 12.4. The van der Waals surface area contributed by atoms with E-state index in [1.807, 2.05) is 0 Å². The predicted octanol–water partition coefficient (Wildman–Crippen LogP) is 0.487. The van der Waals surface area contributed by atoms with E-state index in [9.17, 15) is 27.6 Å². The Morgan fingerprint density at radius 3 is 2.52 bits per heavy atom. The second kappa shape index (κ2) is 6.54. The fraction of sp³-hybridized carbons (Fsp3) is 0.692. The first kappa shape index (κ1) is 18.9. The summed E-state index contributed by atoms with van der Waals surface area (Å²) in [6.45, 7) is 2.74. The zero-order valence-corrected chi connectivity index (χ0v) is 12.5. The molecule has 0 aromatic heterocycles. The van der Waals surface area contributed by atoms with E-state index in [2.05, 4.69) is 4.74 Å². The van der Waals surface area contributed by atoms with E-state index in [1.165, 1.54) is 6.07 Å². The molecule has 1 amide bonds. The highest BCUT2D eigenvalue weighted by Crippen LogP contribution is 2.32. The molecule has 1 heterocycles. The van der Waals surface area contributed by atoms with E-state index in [0.29, 0.717) is 11.3 Å². The molecule has 1 rings (SSSR count). The number of ketones is 1. The first-order chi connectivity index (χ1) is 10.5. The van der Waals surface area contributed by atoms with Gasteiger partial charge in [-0.05, 0) is 5.92 Å². The molecule has 3 atom stereocenters. The number of halogens is 3. The number of likely N-dealkylation sites (tertiary alicyclic amines) is 1. The van der Waals surface area contributed by atoms with Crippen molar-refractivity contribution in [2.24, 2.45) is 11.7 Å². The molecule has 7 nitrogen and oxygen atoms in total. The number of carbonyl (C=O) groups excluding carboxylic acids is 3. The van der Waals surface area contributed by atoms with Gasteiger partial charge in [-0.2, -0.15) is 18.4 Å². The topological polar surface area (TPSA) is 113 Å². The highest BCUT2D eigenvalue weighted by Gasteiger charge is 2.56. The number of carbonyl (C=O) groups is 3. The van der Waals surface area contributed by atoms with Gasteiger partial charge in [0, 0.05) is 0 Å². The van der Waals surface area contributed by atoms with Gasteiger partial charge in [0.05, 0.1) is 19.0 Å². The number of esters is 1. The summed E-state index contributed by atoms with van der Waals surface area (Å²) >= 11 is 0. The van der Waals surface area contributed by atoms with Gasteiger partial charge < -0.3 is 10.5 Å². The van der Waals surface area contributed by atoms with Crippen LogP contribution in [0.4, 0.5) is 13.2 Å². The van der Waals surface area contributed by atoms with Crippen LogP contribution < -0.4 is 5.73 Å². The Balaban J connectivity index is 3.14. The molecule has 23 heavy (non-hydrogen) atoms. The molecule has 1 saturated heterocycles. The van der Waals surface area contributed by atoms with Crippen molar-refractivity contribution in [2.75, 3.05) is 6.54 Å². The van der Waals surface area contributed by atoms with Crippen molar-refractivity contribution >= 4 is 17.7 Å². The van der Waals surface area contributed by atoms with Crippen LogP contribution in [0.15, 0.2) is 0 Å². The van der Waals surface area contributed by atoms with E-state index in [1.54, 1.807) is 13.8 Å². The van der Waals surface area contributed by atoms with Crippen LogP contribution in [-0.4, -0.2) is 47.0 Å². The van der Waals surface area contributed by atoms with E-state index in [0.717, 1.165) is 0 Å². The summed E-state index contributed by atoms with van der Waals surface area (Å²) in [7, 11) is 0. The van der Waals surface area contributed by atoms with Gasteiger partial charge in [-0.1, -0.05) is 20.3 Å². The molecule has 0 aromatic carbocycles. The highest BCUT2D eigenvalue weighted by atomic mass is 19.4. The standard InChI is InChI=1S/C13H16F3N3O4/c1-3-7(2)9(18)10(21)19-5-8(20)4-12(19,6-17)23-11(22)13(14,15)16/h7,9H,3-5,18H2,1-2H3/t7-,9-,12-/m0/s1. The number of hydrogen-bond acceptors (Lipinski definition) is 6. The minimum atomic E-state index is -5.36. The minimum absolute atomic E-state index is 0.340. The first-order valence-electron chi connectivity index (χ1n) is 6.78. The van der Waals surface area contributed by atoms with E-state index in [4.69, 9.17) is 11.0 Å². The van der Waals surface area contributed by atoms with Gasteiger partial charge in [0.1, 0.15) is 6.07 Å². The van der Waals surface area contributed by atoms with Crippen molar-refractivity contribution < 1.29 is 32.3 Å². The number of amides is 1. The largest absolute Gasteiger partial charge is 0.491 e. The summed E-state index contributed by atoms with van der Waals surface area (Å²) in [6.07, 6.45) is -5.69. The number of nitrogens with two attached hydrogens (primary N) is 1. The maximum Gasteiger partial charge on any atom is 0.491 e. The van der Waals surface area contributed by atoms with E-state index in [-0.39, 0.29) is 5.92 Å².